The number of carbonyl (C=O) groups is 2. The average molecular weight is 258 g/mol. The molecule has 5 nitrogen and oxygen atoms in total. The van der Waals surface area contributed by atoms with E-state index in [0.29, 0.717) is 18.8 Å². The molecule has 2 amide bonds. The van der Waals surface area contributed by atoms with Crippen LogP contribution in [0.15, 0.2) is 0 Å². The molecule has 0 saturated carbocycles. The van der Waals surface area contributed by atoms with E-state index in [9.17, 15) is 14.7 Å². The molecule has 0 aromatic rings. The first-order valence-electron chi connectivity index (χ1n) is 6.44. The van der Waals surface area contributed by atoms with E-state index in [1.165, 1.54) is 0 Å². The van der Waals surface area contributed by atoms with Gasteiger partial charge in [-0.1, -0.05) is 27.2 Å². The molecule has 2 unspecified atom stereocenters. The van der Waals surface area contributed by atoms with E-state index in [4.69, 9.17) is 0 Å². The molecule has 0 aliphatic heterocycles. The summed E-state index contributed by atoms with van der Waals surface area (Å²) in [4.78, 5) is 24.8. The molecule has 0 saturated heterocycles. The van der Waals surface area contributed by atoms with Crippen LogP contribution in [0.2, 0.25) is 0 Å². The van der Waals surface area contributed by atoms with Gasteiger partial charge in [-0.15, -0.1) is 0 Å². The second kappa shape index (κ2) is 6.61. The van der Waals surface area contributed by atoms with Crippen molar-refractivity contribution in [1.29, 1.82) is 0 Å². The van der Waals surface area contributed by atoms with Gasteiger partial charge in [0.25, 0.3) is 0 Å². The van der Waals surface area contributed by atoms with Crippen molar-refractivity contribution in [1.82, 2.24) is 10.2 Å². The van der Waals surface area contributed by atoms with E-state index < -0.39 is 11.5 Å². The lowest BCUT2D eigenvalue weighted by Crippen LogP contribution is -2.57. The molecule has 2 N–H and O–H groups in total. The summed E-state index contributed by atoms with van der Waals surface area (Å²) in [6.07, 6.45) is 1.12. The molecule has 0 bridgehead atoms. The van der Waals surface area contributed by atoms with Crippen molar-refractivity contribution >= 4 is 12.0 Å². The van der Waals surface area contributed by atoms with Crippen LogP contribution < -0.4 is 5.32 Å². The predicted octanol–water partition coefficient (Wildman–Crippen LogP) is 2.32. The molecule has 0 aromatic heterocycles. The van der Waals surface area contributed by atoms with E-state index in [0.717, 1.165) is 0 Å². The van der Waals surface area contributed by atoms with Gasteiger partial charge < -0.3 is 15.3 Å². The number of urea groups is 1. The van der Waals surface area contributed by atoms with E-state index >= 15 is 0 Å². The SMILES string of the molecule is CCCC(C)(NC(=O)N(C)C(C)C(C)C)C(=O)O. The van der Waals surface area contributed by atoms with Crippen molar-refractivity contribution < 1.29 is 14.7 Å². The zero-order chi connectivity index (χ0) is 14.5. The quantitative estimate of drug-likeness (QED) is 0.768. The third kappa shape index (κ3) is 4.20. The van der Waals surface area contributed by atoms with Crippen LogP contribution in [0.5, 0.6) is 0 Å². The van der Waals surface area contributed by atoms with Gasteiger partial charge in [0.15, 0.2) is 0 Å². The van der Waals surface area contributed by atoms with Crippen LogP contribution in [0, 0.1) is 5.92 Å². The van der Waals surface area contributed by atoms with Gasteiger partial charge in [-0.2, -0.15) is 0 Å². The minimum absolute atomic E-state index is 0.0599. The summed E-state index contributed by atoms with van der Waals surface area (Å²) in [6, 6.07) is -0.278. The number of nitrogens with zero attached hydrogens (tertiary/aromatic N) is 1. The van der Waals surface area contributed by atoms with Crippen molar-refractivity contribution in [2.24, 2.45) is 5.92 Å². The monoisotopic (exact) mass is 258 g/mol. The second-order valence-corrected chi connectivity index (χ2v) is 5.41. The minimum Gasteiger partial charge on any atom is -0.480 e. The van der Waals surface area contributed by atoms with Crippen LogP contribution in [-0.4, -0.2) is 40.6 Å². The predicted molar refractivity (Wildman–Crippen MR) is 71.5 cm³/mol. The summed E-state index contributed by atoms with van der Waals surface area (Å²) in [5, 5.41) is 11.8. The molecule has 0 spiro atoms. The maximum atomic E-state index is 12.0. The highest BCUT2D eigenvalue weighted by atomic mass is 16.4. The first-order chi connectivity index (χ1) is 8.15. The number of aliphatic carboxylic acids is 1. The number of amides is 2. The van der Waals surface area contributed by atoms with Gasteiger partial charge in [-0.3, -0.25) is 0 Å². The van der Waals surface area contributed by atoms with Gasteiger partial charge >= 0.3 is 12.0 Å². The van der Waals surface area contributed by atoms with Gasteiger partial charge in [0.05, 0.1) is 0 Å². The molecule has 0 fully saturated rings. The van der Waals surface area contributed by atoms with E-state index in [-0.39, 0.29) is 12.1 Å². The summed E-state index contributed by atoms with van der Waals surface area (Å²) in [6.45, 7) is 9.44. The molecular weight excluding hydrogens is 232 g/mol. The molecule has 0 heterocycles. The number of rotatable bonds is 6. The molecule has 0 radical (unpaired) electrons. The Morgan fingerprint density at radius 3 is 2.17 bits per heavy atom. The van der Waals surface area contributed by atoms with Crippen molar-refractivity contribution in [3.63, 3.8) is 0 Å². The smallest absolute Gasteiger partial charge is 0.329 e. The molecule has 0 aliphatic carbocycles. The Bertz CT molecular complexity index is 305. The van der Waals surface area contributed by atoms with Gasteiger partial charge in [0.2, 0.25) is 0 Å². The van der Waals surface area contributed by atoms with Crippen molar-refractivity contribution in [2.75, 3.05) is 7.05 Å². The molecule has 5 heteroatoms. The van der Waals surface area contributed by atoms with Gasteiger partial charge in [-0.05, 0) is 26.2 Å². The second-order valence-electron chi connectivity index (χ2n) is 5.41. The number of hydrogen-bond donors (Lipinski definition) is 2. The Morgan fingerprint density at radius 2 is 1.83 bits per heavy atom. The lowest BCUT2D eigenvalue weighted by atomic mass is 9.96. The lowest BCUT2D eigenvalue weighted by Gasteiger charge is -2.33. The van der Waals surface area contributed by atoms with Gasteiger partial charge in [0, 0.05) is 13.1 Å². The summed E-state index contributed by atoms with van der Waals surface area (Å²) in [7, 11) is 1.69. The molecule has 0 aromatic carbocycles. The molecule has 0 aliphatic rings. The standard InChI is InChI=1S/C13H26N2O3/c1-7-8-13(5,11(16)17)14-12(18)15(6)10(4)9(2)3/h9-10H,7-8H2,1-6H3,(H,14,18)(H,16,17). The Kier molecular flexibility index (Phi) is 6.15. The van der Waals surface area contributed by atoms with Gasteiger partial charge in [-0.25, -0.2) is 9.59 Å². The van der Waals surface area contributed by atoms with Crippen LogP contribution in [0.4, 0.5) is 4.79 Å². The molecular formula is C13H26N2O3. The Morgan fingerprint density at radius 1 is 1.33 bits per heavy atom. The van der Waals surface area contributed by atoms with Crippen molar-refractivity contribution in [2.45, 2.75) is 59.0 Å². The first-order valence-corrected chi connectivity index (χ1v) is 6.44. The molecule has 106 valence electrons. The maximum Gasteiger partial charge on any atom is 0.329 e. The topological polar surface area (TPSA) is 69.6 Å². The summed E-state index contributed by atoms with van der Waals surface area (Å²) in [5.74, 6) is -0.675. The normalized spacial score (nSPS) is 15.9. The fourth-order valence-electron chi connectivity index (χ4n) is 1.68. The Labute approximate surface area is 110 Å². The Hall–Kier alpha value is -1.26. The highest BCUT2D eigenvalue weighted by Crippen LogP contribution is 2.15. The number of hydrogen-bond acceptors (Lipinski definition) is 2. The minimum atomic E-state index is -1.20. The van der Waals surface area contributed by atoms with Crippen LogP contribution in [-0.2, 0) is 4.79 Å². The maximum absolute atomic E-state index is 12.0. The molecule has 18 heavy (non-hydrogen) atoms. The van der Waals surface area contributed by atoms with Gasteiger partial charge in [0.1, 0.15) is 5.54 Å². The molecule has 0 rings (SSSR count). The van der Waals surface area contributed by atoms with Crippen LogP contribution in [0.3, 0.4) is 0 Å². The number of carboxylic acids is 1. The third-order valence-corrected chi connectivity index (χ3v) is 3.50. The Balaban J connectivity index is 4.76. The van der Waals surface area contributed by atoms with E-state index in [1.807, 2.05) is 27.7 Å². The molecule has 2 atom stereocenters. The number of nitrogens with one attached hydrogen (secondary N) is 1. The number of carboxylic acid groups (broad SMARTS) is 1. The van der Waals surface area contributed by atoms with E-state index in [2.05, 4.69) is 5.32 Å². The van der Waals surface area contributed by atoms with Crippen LogP contribution >= 0.6 is 0 Å². The number of carbonyl (C=O) groups excluding carboxylic acids is 1. The third-order valence-electron chi connectivity index (χ3n) is 3.50. The highest BCUT2D eigenvalue weighted by molar-refractivity contribution is 5.85. The van der Waals surface area contributed by atoms with Crippen molar-refractivity contribution in [3.8, 4) is 0 Å². The van der Waals surface area contributed by atoms with Crippen LogP contribution in [0.25, 0.3) is 0 Å². The zero-order valence-corrected chi connectivity index (χ0v) is 12.3. The first kappa shape index (κ1) is 16.7. The zero-order valence-electron chi connectivity index (χ0n) is 12.3. The summed E-state index contributed by atoms with van der Waals surface area (Å²) < 4.78 is 0. The lowest BCUT2D eigenvalue weighted by molar-refractivity contribution is -0.144. The summed E-state index contributed by atoms with van der Waals surface area (Å²) in [5.41, 5.74) is -1.20. The summed E-state index contributed by atoms with van der Waals surface area (Å²) >= 11 is 0. The highest BCUT2D eigenvalue weighted by Gasteiger charge is 2.35. The van der Waals surface area contributed by atoms with E-state index in [1.54, 1.807) is 18.9 Å². The fraction of sp³-hybridized carbons (Fsp3) is 0.846. The fourth-order valence-corrected chi connectivity index (χ4v) is 1.68. The average Bonchev–Trinajstić information content (AvgIpc) is 2.26. The van der Waals surface area contributed by atoms with Crippen molar-refractivity contribution in [3.05, 3.63) is 0 Å². The largest absolute Gasteiger partial charge is 0.480 e. The van der Waals surface area contributed by atoms with Crippen LogP contribution in [0.1, 0.15) is 47.5 Å².